The quantitative estimate of drug-likeness (QED) is 0.914. The van der Waals surface area contributed by atoms with Crippen molar-refractivity contribution in [3.63, 3.8) is 0 Å². The average molecular weight is 257 g/mol. The lowest BCUT2D eigenvalue weighted by atomic mass is 10.0. The van der Waals surface area contributed by atoms with Gasteiger partial charge in [0.15, 0.2) is 0 Å². The first kappa shape index (κ1) is 12.7. The molecule has 0 saturated carbocycles. The zero-order valence-electron chi connectivity index (χ0n) is 11.7. The number of aryl methyl sites for hydroxylation is 1. The summed E-state index contributed by atoms with van der Waals surface area (Å²) in [7, 11) is 2.13. The second-order valence-corrected chi connectivity index (χ2v) is 5.71. The summed E-state index contributed by atoms with van der Waals surface area (Å²) in [4.78, 5) is 2.55. The summed E-state index contributed by atoms with van der Waals surface area (Å²) < 4.78 is 2.23. The Morgan fingerprint density at radius 3 is 2.74 bits per heavy atom. The topological polar surface area (TPSA) is 34.2 Å². The first-order valence-corrected chi connectivity index (χ1v) is 7.25. The van der Waals surface area contributed by atoms with Gasteiger partial charge < -0.3 is 15.2 Å². The molecule has 0 amide bonds. The van der Waals surface area contributed by atoms with Gasteiger partial charge in [0, 0.05) is 36.7 Å². The molecule has 102 valence electrons. The van der Waals surface area contributed by atoms with Crippen molar-refractivity contribution in [3.05, 3.63) is 36.0 Å². The predicted octanol–water partition coefficient (Wildman–Crippen LogP) is 2.14. The summed E-state index contributed by atoms with van der Waals surface area (Å²) in [5, 5.41) is 1.40. The van der Waals surface area contributed by atoms with Crippen LogP contribution in [-0.4, -0.2) is 35.1 Å². The van der Waals surface area contributed by atoms with Crippen molar-refractivity contribution in [1.82, 2.24) is 9.47 Å². The Balaban J connectivity index is 1.69. The molecule has 0 radical (unpaired) electrons. The maximum Gasteiger partial charge on any atom is 0.0480 e. The van der Waals surface area contributed by atoms with E-state index in [0.717, 1.165) is 38.9 Å². The van der Waals surface area contributed by atoms with Crippen LogP contribution in [-0.2, 0) is 13.5 Å². The van der Waals surface area contributed by atoms with E-state index >= 15 is 0 Å². The van der Waals surface area contributed by atoms with E-state index in [1.54, 1.807) is 0 Å². The number of hydrogen-bond donors (Lipinski definition) is 1. The van der Waals surface area contributed by atoms with Crippen LogP contribution in [0.4, 0.5) is 0 Å². The van der Waals surface area contributed by atoms with Gasteiger partial charge in [-0.05, 0) is 44.0 Å². The molecule has 0 aliphatic carbocycles. The highest BCUT2D eigenvalue weighted by atomic mass is 15.1. The van der Waals surface area contributed by atoms with Gasteiger partial charge >= 0.3 is 0 Å². The van der Waals surface area contributed by atoms with E-state index in [2.05, 4.69) is 47.0 Å². The van der Waals surface area contributed by atoms with Gasteiger partial charge in [-0.2, -0.15) is 0 Å². The molecule has 0 atom stereocenters. The van der Waals surface area contributed by atoms with Crippen LogP contribution in [0.2, 0.25) is 0 Å². The highest BCUT2D eigenvalue weighted by Gasteiger charge is 2.16. The van der Waals surface area contributed by atoms with Crippen LogP contribution < -0.4 is 5.73 Å². The number of nitrogens with two attached hydrogens (primary N) is 1. The number of likely N-dealkylation sites (tertiary alicyclic amines) is 1. The van der Waals surface area contributed by atoms with Crippen molar-refractivity contribution in [1.29, 1.82) is 0 Å². The molecular weight excluding hydrogens is 234 g/mol. The molecule has 1 saturated heterocycles. The molecule has 19 heavy (non-hydrogen) atoms. The van der Waals surface area contributed by atoms with Gasteiger partial charge in [-0.15, -0.1) is 0 Å². The molecule has 0 bridgehead atoms. The Labute approximate surface area is 115 Å². The third-order valence-corrected chi connectivity index (χ3v) is 4.31. The molecule has 0 spiro atoms. The Hall–Kier alpha value is -1.32. The summed E-state index contributed by atoms with van der Waals surface area (Å²) >= 11 is 0. The number of aromatic nitrogens is 1. The van der Waals surface area contributed by atoms with Crippen molar-refractivity contribution in [2.45, 2.75) is 25.3 Å². The SMILES string of the molecule is Cn1cc(CCN2CCC(N)CC2)c2ccccc21. The Morgan fingerprint density at radius 1 is 1.21 bits per heavy atom. The summed E-state index contributed by atoms with van der Waals surface area (Å²) in [6.07, 6.45) is 5.71. The fourth-order valence-corrected chi connectivity index (χ4v) is 3.08. The van der Waals surface area contributed by atoms with Crippen LogP contribution in [0.1, 0.15) is 18.4 Å². The van der Waals surface area contributed by atoms with E-state index < -0.39 is 0 Å². The lowest BCUT2D eigenvalue weighted by Gasteiger charge is -2.29. The minimum atomic E-state index is 0.425. The molecule has 2 N–H and O–H groups in total. The molecule has 3 heteroatoms. The normalized spacial score (nSPS) is 18.2. The van der Waals surface area contributed by atoms with Gasteiger partial charge in [0.25, 0.3) is 0 Å². The highest BCUT2D eigenvalue weighted by Crippen LogP contribution is 2.21. The molecule has 2 heterocycles. The number of piperidine rings is 1. The van der Waals surface area contributed by atoms with Gasteiger partial charge in [-0.25, -0.2) is 0 Å². The summed E-state index contributed by atoms with van der Waals surface area (Å²) in [6, 6.07) is 9.09. The second-order valence-electron chi connectivity index (χ2n) is 5.71. The van der Waals surface area contributed by atoms with Crippen LogP contribution in [0, 0.1) is 0 Å². The first-order valence-electron chi connectivity index (χ1n) is 7.25. The van der Waals surface area contributed by atoms with Gasteiger partial charge in [-0.3, -0.25) is 0 Å². The van der Waals surface area contributed by atoms with Crippen molar-refractivity contribution < 1.29 is 0 Å². The molecule has 3 rings (SSSR count). The average Bonchev–Trinajstić information content (AvgIpc) is 2.76. The third kappa shape index (κ3) is 2.67. The van der Waals surface area contributed by atoms with Crippen LogP contribution in [0.5, 0.6) is 0 Å². The third-order valence-electron chi connectivity index (χ3n) is 4.31. The number of fused-ring (bicyclic) bond motifs is 1. The smallest absolute Gasteiger partial charge is 0.0480 e. The van der Waals surface area contributed by atoms with Crippen LogP contribution in [0.25, 0.3) is 10.9 Å². The summed E-state index contributed by atoms with van der Waals surface area (Å²) in [6.45, 7) is 3.47. The van der Waals surface area contributed by atoms with Crippen molar-refractivity contribution in [2.75, 3.05) is 19.6 Å². The summed E-state index contributed by atoms with van der Waals surface area (Å²) in [5.41, 5.74) is 8.75. The molecule has 1 fully saturated rings. The fraction of sp³-hybridized carbons (Fsp3) is 0.500. The second kappa shape index (κ2) is 5.35. The maximum absolute atomic E-state index is 5.95. The van der Waals surface area contributed by atoms with Gasteiger partial charge in [0.2, 0.25) is 0 Å². The van der Waals surface area contributed by atoms with Crippen molar-refractivity contribution in [2.24, 2.45) is 12.8 Å². The van der Waals surface area contributed by atoms with Gasteiger partial charge in [0.1, 0.15) is 0 Å². The number of para-hydroxylation sites is 1. The number of nitrogens with zero attached hydrogens (tertiary/aromatic N) is 2. The minimum absolute atomic E-state index is 0.425. The maximum atomic E-state index is 5.95. The van der Waals surface area contributed by atoms with Crippen LogP contribution >= 0.6 is 0 Å². The predicted molar refractivity (Wildman–Crippen MR) is 80.3 cm³/mol. The molecule has 1 aliphatic rings. The number of rotatable bonds is 3. The molecule has 1 aliphatic heterocycles. The van der Waals surface area contributed by atoms with Crippen molar-refractivity contribution in [3.8, 4) is 0 Å². The Bertz CT molecular complexity index is 550. The monoisotopic (exact) mass is 257 g/mol. The Kier molecular flexibility index (Phi) is 3.58. The largest absolute Gasteiger partial charge is 0.350 e. The van der Waals surface area contributed by atoms with Crippen molar-refractivity contribution >= 4 is 10.9 Å². The zero-order chi connectivity index (χ0) is 13.2. The van der Waals surface area contributed by atoms with E-state index in [1.165, 1.54) is 16.5 Å². The standard InChI is InChI=1S/C16H23N3/c1-18-12-13(15-4-2-3-5-16(15)18)6-9-19-10-7-14(17)8-11-19/h2-5,12,14H,6-11,17H2,1H3. The van der Waals surface area contributed by atoms with E-state index in [9.17, 15) is 0 Å². The minimum Gasteiger partial charge on any atom is -0.350 e. The molecule has 1 aromatic carbocycles. The molecule has 2 aromatic rings. The van der Waals surface area contributed by atoms with Gasteiger partial charge in [0.05, 0.1) is 0 Å². The first-order chi connectivity index (χ1) is 9.24. The molecular formula is C16H23N3. The van der Waals surface area contributed by atoms with Crippen LogP contribution in [0.3, 0.4) is 0 Å². The van der Waals surface area contributed by atoms with E-state index in [1.807, 2.05) is 0 Å². The molecule has 3 nitrogen and oxygen atoms in total. The van der Waals surface area contributed by atoms with Gasteiger partial charge in [-0.1, -0.05) is 18.2 Å². The Morgan fingerprint density at radius 2 is 1.95 bits per heavy atom. The highest BCUT2D eigenvalue weighted by molar-refractivity contribution is 5.83. The lowest BCUT2D eigenvalue weighted by molar-refractivity contribution is 0.216. The summed E-state index contributed by atoms with van der Waals surface area (Å²) in [5.74, 6) is 0. The van der Waals surface area contributed by atoms with E-state index in [4.69, 9.17) is 5.73 Å². The van der Waals surface area contributed by atoms with E-state index in [-0.39, 0.29) is 0 Å². The number of hydrogen-bond acceptors (Lipinski definition) is 2. The fourth-order valence-electron chi connectivity index (χ4n) is 3.08. The van der Waals surface area contributed by atoms with E-state index in [0.29, 0.717) is 6.04 Å². The number of benzene rings is 1. The molecule has 0 unspecified atom stereocenters. The molecule has 1 aromatic heterocycles. The zero-order valence-corrected chi connectivity index (χ0v) is 11.7. The van der Waals surface area contributed by atoms with Crippen LogP contribution in [0.15, 0.2) is 30.5 Å². The lowest BCUT2D eigenvalue weighted by Crippen LogP contribution is -2.40.